The molecule has 3 heterocycles. The summed E-state index contributed by atoms with van der Waals surface area (Å²) in [6, 6.07) is 0. The van der Waals surface area contributed by atoms with Crippen LogP contribution >= 0.6 is 0 Å². The quantitative estimate of drug-likeness (QED) is 0.708. The van der Waals surface area contributed by atoms with Crippen molar-refractivity contribution in [1.29, 1.82) is 0 Å². The van der Waals surface area contributed by atoms with Gasteiger partial charge in [0.15, 0.2) is 11.2 Å². The van der Waals surface area contributed by atoms with E-state index in [-0.39, 0.29) is 5.56 Å². The number of imidazole rings is 1. The maximum Gasteiger partial charge on any atom is 0.285 e. The summed E-state index contributed by atoms with van der Waals surface area (Å²) in [4.78, 5) is 27.3. The van der Waals surface area contributed by atoms with Gasteiger partial charge in [0.05, 0.1) is 6.33 Å². The Hall–Kier alpha value is -2.24. The first-order chi connectivity index (χ1) is 8.29. The second-order valence-corrected chi connectivity index (χ2v) is 3.90. The van der Waals surface area contributed by atoms with Crippen molar-refractivity contribution in [3.8, 4) is 0 Å². The molecule has 0 atom stereocenters. The van der Waals surface area contributed by atoms with E-state index in [2.05, 4.69) is 26.9 Å². The molecule has 0 aliphatic rings. The standard InChI is InChI=1S/C11H11N5O/c1-2-3-7-4-12-11-15-9-8(13-6-14-9)10(17)16(11)5-7/h4-6H,2-3H2,1H3,(H,13,14). The highest BCUT2D eigenvalue weighted by atomic mass is 16.1. The molecule has 0 radical (unpaired) electrons. The SMILES string of the molecule is CCCc1cnc2nc3nc[nH]c3c(=O)n2c1. The largest absolute Gasteiger partial charge is 0.339 e. The van der Waals surface area contributed by atoms with Crippen LogP contribution in [0.5, 0.6) is 0 Å². The predicted molar refractivity (Wildman–Crippen MR) is 62.9 cm³/mol. The highest BCUT2D eigenvalue weighted by Crippen LogP contribution is 2.05. The maximum absolute atomic E-state index is 12.1. The van der Waals surface area contributed by atoms with Gasteiger partial charge >= 0.3 is 0 Å². The number of nitrogens with zero attached hydrogens (tertiary/aromatic N) is 4. The van der Waals surface area contributed by atoms with E-state index in [1.807, 2.05) is 0 Å². The van der Waals surface area contributed by atoms with Gasteiger partial charge in [-0.1, -0.05) is 13.3 Å². The molecule has 3 rings (SSSR count). The van der Waals surface area contributed by atoms with Crippen LogP contribution in [0, 0.1) is 0 Å². The molecular formula is C11H11N5O. The highest BCUT2D eigenvalue weighted by Gasteiger charge is 2.08. The molecule has 17 heavy (non-hydrogen) atoms. The van der Waals surface area contributed by atoms with Crippen molar-refractivity contribution in [3.63, 3.8) is 0 Å². The molecule has 6 heteroatoms. The number of aromatic amines is 1. The van der Waals surface area contributed by atoms with Crippen LogP contribution in [0.4, 0.5) is 0 Å². The summed E-state index contributed by atoms with van der Waals surface area (Å²) >= 11 is 0. The van der Waals surface area contributed by atoms with Crippen LogP contribution in [0.2, 0.25) is 0 Å². The number of hydrogen-bond donors (Lipinski definition) is 1. The molecule has 0 unspecified atom stereocenters. The minimum Gasteiger partial charge on any atom is -0.339 e. The third kappa shape index (κ3) is 1.49. The first-order valence-corrected chi connectivity index (χ1v) is 5.50. The molecule has 0 bridgehead atoms. The lowest BCUT2D eigenvalue weighted by atomic mass is 10.2. The van der Waals surface area contributed by atoms with E-state index in [0.717, 1.165) is 18.4 Å². The van der Waals surface area contributed by atoms with Crippen molar-refractivity contribution >= 4 is 16.9 Å². The molecule has 0 saturated carbocycles. The zero-order chi connectivity index (χ0) is 11.8. The summed E-state index contributed by atoms with van der Waals surface area (Å²) in [5.41, 5.74) is 1.69. The van der Waals surface area contributed by atoms with Gasteiger partial charge < -0.3 is 4.98 Å². The fourth-order valence-corrected chi connectivity index (χ4v) is 1.85. The van der Waals surface area contributed by atoms with Crippen molar-refractivity contribution in [3.05, 3.63) is 34.6 Å². The van der Waals surface area contributed by atoms with Gasteiger partial charge in [-0.2, -0.15) is 4.98 Å². The van der Waals surface area contributed by atoms with Gasteiger partial charge in [0.1, 0.15) is 0 Å². The minimum absolute atomic E-state index is 0.159. The molecule has 3 aromatic rings. The Morgan fingerprint density at radius 1 is 1.41 bits per heavy atom. The molecule has 6 nitrogen and oxygen atoms in total. The van der Waals surface area contributed by atoms with Gasteiger partial charge in [0.25, 0.3) is 5.56 Å². The van der Waals surface area contributed by atoms with Gasteiger partial charge in [0, 0.05) is 12.4 Å². The van der Waals surface area contributed by atoms with Crippen LogP contribution in [-0.2, 0) is 6.42 Å². The monoisotopic (exact) mass is 229 g/mol. The van der Waals surface area contributed by atoms with E-state index in [9.17, 15) is 4.79 Å². The van der Waals surface area contributed by atoms with Crippen molar-refractivity contribution in [2.75, 3.05) is 0 Å². The average Bonchev–Trinajstić information content (AvgIpc) is 2.79. The fraction of sp³-hybridized carbons (Fsp3) is 0.273. The Morgan fingerprint density at radius 3 is 3.12 bits per heavy atom. The van der Waals surface area contributed by atoms with Crippen LogP contribution in [0.15, 0.2) is 23.5 Å². The zero-order valence-electron chi connectivity index (χ0n) is 9.34. The zero-order valence-corrected chi connectivity index (χ0v) is 9.34. The number of aryl methyl sites for hydroxylation is 1. The van der Waals surface area contributed by atoms with Crippen molar-refractivity contribution in [2.45, 2.75) is 19.8 Å². The highest BCUT2D eigenvalue weighted by molar-refractivity contribution is 5.70. The van der Waals surface area contributed by atoms with Gasteiger partial charge in [-0.05, 0) is 12.0 Å². The number of hydrogen-bond acceptors (Lipinski definition) is 4. The molecule has 0 aliphatic heterocycles. The maximum atomic E-state index is 12.1. The van der Waals surface area contributed by atoms with Gasteiger partial charge in [-0.15, -0.1) is 0 Å². The van der Waals surface area contributed by atoms with E-state index in [0.29, 0.717) is 16.9 Å². The van der Waals surface area contributed by atoms with Crippen LogP contribution < -0.4 is 5.56 Å². The van der Waals surface area contributed by atoms with Crippen LogP contribution in [0.3, 0.4) is 0 Å². The van der Waals surface area contributed by atoms with Crippen molar-refractivity contribution in [1.82, 2.24) is 24.3 Å². The van der Waals surface area contributed by atoms with Gasteiger partial charge in [-0.25, -0.2) is 14.4 Å². The Bertz CT molecular complexity index is 742. The summed E-state index contributed by atoms with van der Waals surface area (Å²) in [7, 11) is 0. The molecule has 0 spiro atoms. The lowest BCUT2D eigenvalue weighted by molar-refractivity contribution is 0.884. The topological polar surface area (TPSA) is 75.9 Å². The van der Waals surface area contributed by atoms with E-state index in [1.165, 1.54) is 10.7 Å². The molecule has 0 aliphatic carbocycles. The van der Waals surface area contributed by atoms with Gasteiger partial charge in [0.2, 0.25) is 5.78 Å². The number of fused-ring (bicyclic) bond motifs is 2. The molecular weight excluding hydrogens is 218 g/mol. The Labute approximate surface area is 96.4 Å². The Kier molecular flexibility index (Phi) is 2.14. The van der Waals surface area contributed by atoms with E-state index in [4.69, 9.17) is 0 Å². The van der Waals surface area contributed by atoms with Gasteiger partial charge in [-0.3, -0.25) is 4.79 Å². The molecule has 1 N–H and O–H groups in total. The third-order valence-corrected chi connectivity index (χ3v) is 2.65. The number of nitrogens with one attached hydrogen (secondary N) is 1. The average molecular weight is 229 g/mol. The normalized spacial score (nSPS) is 11.4. The van der Waals surface area contributed by atoms with E-state index < -0.39 is 0 Å². The lowest BCUT2D eigenvalue weighted by Gasteiger charge is -2.02. The summed E-state index contributed by atoms with van der Waals surface area (Å²) < 4.78 is 1.46. The third-order valence-electron chi connectivity index (χ3n) is 2.65. The van der Waals surface area contributed by atoms with Crippen molar-refractivity contribution in [2.24, 2.45) is 0 Å². The van der Waals surface area contributed by atoms with Crippen LogP contribution in [0.25, 0.3) is 16.9 Å². The molecule has 0 saturated heterocycles. The molecule has 0 fully saturated rings. The van der Waals surface area contributed by atoms with Crippen LogP contribution in [-0.4, -0.2) is 24.3 Å². The molecule has 0 aromatic carbocycles. The number of aromatic nitrogens is 5. The Balaban J connectivity index is 2.37. The van der Waals surface area contributed by atoms with Crippen molar-refractivity contribution < 1.29 is 0 Å². The summed E-state index contributed by atoms with van der Waals surface area (Å²) in [6.07, 6.45) is 6.93. The molecule has 3 aromatic heterocycles. The van der Waals surface area contributed by atoms with Crippen LogP contribution in [0.1, 0.15) is 18.9 Å². The first-order valence-electron chi connectivity index (χ1n) is 5.50. The minimum atomic E-state index is -0.159. The lowest BCUT2D eigenvalue weighted by Crippen LogP contribution is -2.16. The number of H-pyrrole nitrogens is 1. The second-order valence-electron chi connectivity index (χ2n) is 3.90. The molecule has 86 valence electrons. The fourth-order valence-electron chi connectivity index (χ4n) is 1.85. The van der Waals surface area contributed by atoms with E-state index in [1.54, 1.807) is 12.4 Å². The number of rotatable bonds is 2. The summed E-state index contributed by atoms with van der Waals surface area (Å²) in [5, 5.41) is 0. The second kappa shape index (κ2) is 3.65. The first kappa shape index (κ1) is 9.95. The predicted octanol–water partition coefficient (Wildman–Crippen LogP) is 0.918. The summed E-state index contributed by atoms with van der Waals surface area (Å²) in [5.74, 6) is 0.384. The van der Waals surface area contributed by atoms with E-state index >= 15 is 0 Å². The molecule has 0 amide bonds. The summed E-state index contributed by atoms with van der Waals surface area (Å²) in [6.45, 7) is 2.09. The Morgan fingerprint density at radius 2 is 2.29 bits per heavy atom. The smallest absolute Gasteiger partial charge is 0.285 e.